The number of fused-ring (bicyclic) bond motifs is 2. The maximum absolute atomic E-state index is 12.3. The van der Waals surface area contributed by atoms with Crippen LogP contribution in [0.1, 0.15) is 22.8 Å². The van der Waals surface area contributed by atoms with Crippen LogP contribution in [0.4, 0.5) is 0 Å². The van der Waals surface area contributed by atoms with E-state index in [1.807, 2.05) is 12.1 Å². The third kappa shape index (κ3) is 2.31. The predicted octanol–water partition coefficient (Wildman–Crippen LogP) is 0.978. The van der Waals surface area contributed by atoms with Crippen LogP contribution in [-0.2, 0) is 9.59 Å². The highest BCUT2D eigenvalue weighted by Gasteiger charge is 2.49. The highest BCUT2D eigenvalue weighted by molar-refractivity contribution is 7.19. The number of piperidine rings is 1. The van der Waals surface area contributed by atoms with Crippen molar-refractivity contribution in [2.24, 2.45) is 5.92 Å². The molecular weight excluding hydrogens is 324 g/mol. The van der Waals surface area contributed by atoms with Crippen LogP contribution in [0.3, 0.4) is 0 Å². The van der Waals surface area contributed by atoms with Crippen molar-refractivity contribution in [3.8, 4) is 0 Å². The number of hydrogen-bond donors (Lipinski definition) is 4. The van der Waals surface area contributed by atoms with Crippen LogP contribution >= 0.6 is 11.3 Å². The van der Waals surface area contributed by atoms with Gasteiger partial charge in [0.05, 0.1) is 6.17 Å². The fourth-order valence-corrected chi connectivity index (χ4v) is 5.31. The van der Waals surface area contributed by atoms with Gasteiger partial charge in [0.2, 0.25) is 11.8 Å². The van der Waals surface area contributed by atoms with Crippen molar-refractivity contribution in [2.45, 2.75) is 31.5 Å². The number of amides is 2. The molecule has 0 saturated carbocycles. The zero-order valence-electron chi connectivity index (χ0n) is 13.6. The smallest absolute Gasteiger partial charge is 0.238 e. The third-order valence-corrected chi connectivity index (χ3v) is 6.50. The van der Waals surface area contributed by atoms with Crippen molar-refractivity contribution in [3.63, 3.8) is 0 Å². The lowest BCUT2D eigenvalue weighted by atomic mass is 9.78. The molecule has 0 radical (unpaired) electrons. The van der Waals surface area contributed by atoms with E-state index in [-0.39, 0.29) is 35.9 Å². The fraction of sp³-hybridized carbons (Fsp3) is 0.412. The molecular formula is C17H20N4O2S. The van der Waals surface area contributed by atoms with E-state index < -0.39 is 0 Å². The molecule has 0 bridgehead atoms. The van der Waals surface area contributed by atoms with Gasteiger partial charge in [-0.2, -0.15) is 0 Å². The van der Waals surface area contributed by atoms with E-state index in [0.29, 0.717) is 6.42 Å². The van der Waals surface area contributed by atoms with Crippen LogP contribution in [-0.4, -0.2) is 31.1 Å². The first-order valence-corrected chi connectivity index (χ1v) is 8.92. The molecule has 2 amide bonds. The molecule has 4 unspecified atom stereocenters. The number of rotatable bonds is 2. The monoisotopic (exact) mass is 344 g/mol. The summed E-state index contributed by atoms with van der Waals surface area (Å²) < 4.78 is 1.22. The first-order chi connectivity index (χ1) is 11.6. The molecule has 4 rings (SSSR count). The van der Waals surface area contributed by atoms with Gasteiger partial charge < -0.3 is 10.6 Å². The van der Waals surface area contributed by atoms with Crippen LogP contribution in [0, 0.1) is 12.8 Å². The molecule has 2 aliphatic rings. The normalized spacial score (nSPS) is 29.3. The maximum Gasteiger partial charge on any atom is 0.238 e. The Balaban J connectivity index is 1.79. The quantitative estimate of drug-likeness (QED) is 0.655. The van der Waals surface area contributed by atoms with Gasteiger partial charge in [0.25, 0.3) is 0 Å². The van der Waals surface area contributed by atoms with Gasteiger partial charge in [0.1, 0.15) is 6.04 Å². The summed E-state index contributed by atoms with van der Waals surface area (Å²) in [5.41, 5.74) is 7.34. The summed E-state index contributed by atoms with van der Waals surface area (Å²) in [5.74, 6) is -0.0414. The van der Waals surface area contributed by atoms with Gasteiger partial charge in [-0.25, -0.2) is 10.9 Å². The van der Waals surface area contributed by atoms with Crippen LogP contribution in [0.15, 0.2) is 24.3 Å². The van der Waals surface area contributed by atoms with Crippen LogP contribution in [0.2, 0.25) is 0 Å². The molecule has 2 fully saturated rings. The van der Waals surface area contributed by atoms with Gasteiger partial charge in [0, 0.05) is 34.9 Å². The Hall–Kier alpha value is -1.96. The van der Waals surface area contributed by atoms with Gasteiger partial charge in [-0.15, -0.1) is 11.3 Å². The molecule has 2 saturated heterocycles. The summed E-state index contributed by atoms with van der Waals surface area (Å²) in [6.45, 7) is 2.11. The Labute approximate surface area is 144 Å². The molecule has 6 nitrogen and oxygen atoms in total. The van der Waals surface area contributed by atoms with E-state index in [1.165, 1.54) is 20.5 Å². The second-order valence-electron chi connectivity index (χ2n) is 6.40. The molecule has 1 aromatic heterocycles. The Morgan fingerprint density at radius 1 is 1.29 bits per heavy atom. The number of benzene rings is 1. The number of likely N-dealkylation sites (N-methyl/N-ethyl adjacent to an activating group) is 1. The van der Waals surface area contributed by atoms with Crippen molar-refractivity contribution in [2.75, 3.05) is 7.05 Å². The maximum atomic E-state index is 12.3. The van der Waals surface area contributed by atoms with Gasteiger partial charge in [0.15, 0.2) is 0 Å². The molecule has 7 heteroatoms. The summed E-state index contributed by atoms with van der Waals surface area (Å²) in [6, 6.07) is 7.93. The third-order valence-electron chi connectivity index (χ3n) is 5.10. The summed E-state index contributed by atoms with van der Waals surface area (Å²) >= 11 is 1.74. The fourth-order valence-electron chi connectivity index (χ4n) is 3.94. The average molecular weight is 344 g/mol. The Morgan fingerprint density at radius 3 is 2.83 bits per heavy atom. The topological polar surface area (TPSA) is 82.3 Å². The van der Waals surface area contributed by atoms with Gasteiger partial charge in [-0.1, -0.05) is 18.2 Å². The highest BCUT2D eigenvalue weighted by Crippen LogP contribution is 2.44. The molecule has 3 heterocycles. The summed E-state index contributed by atoms with van der Waals surface area (Å²) in [7, 11) is 1.64. The van der Waals surface area contributed by atoms with Gasteiger partial charge in [-0.05, 0) is 23.9 Å². The van der Waals surface area contributed by atoms with E-state index >= 15 is 0 Å². The van der Waals surface area contributed by atoms with Crippen molar-refractivity contribution in [1.29, 1.82) is 0 Å². The minimum atomic E-state index is -0.366. The van der Waals surface area contributed by atoms with Crippen molar-refractivity contribution in [3.05, 3.63) is 34.7 Å². The average Bonchev–Trinajstić information content (AvgIpc) is 3.15. The van der Waals surface area contributed by atoms with E-state index in [2.05, 4.69) is 40.5 Å². The second kappa shape index (κ2) is 5.84. The highest BCUT2D eigenvalue weighted by atomic mass is 32.1. The number of hydrazine groups is 1. The largest absolute Gasteiger partial charge is 0.358 e. The summed E-state index contributed by atoms with van der Waals surface area (Å²) in [5, 5.41) is 6.90. The second-order valence-corrected chi connectivity index (χ2v) is 7.48. The number of thiophene rings is 1. The lowest BCUT2D eigenvalue weighted by Gasteiger charge is -2.35. The van der Waals surface area contributed by atoms with E-state index in [0.717, 1.165) is 0 Å². The van der Waals surface area contributed by atoms with E-state index in [1.54, 1.807) is 18.4 Å². The SMILES string of the molecule is CNC(=O)C1NNC2NC(=O)CC(c3sc4ccccc4c3C)C21. The minimum absolute atomic E-state index is 0.0185. The van der Waals surface area contributed by atoms with Crippen LogP contribution in [0.5, 0.6) is 0 Å². The summed E-state index contributed by atoms with van der Waals surface area (Å²) in [4.78, 5) is 25.7. The molecule has 24 heavy (non-hydrogen) atoms. The van der Waals surface area contributed by atoms with Crippen LogP contribution in [0.25, 0.3) is 10.1 Å². The van der Waals surface area contributed by atoms with Crippen molar-refractivity contribution < 1.29 is 9.59 Å². The number of carbonyl (C=O) groups excluding carboxylic acids is 2. The molecule has 2 aliphatic heterocycles. The standard InChI is InChI=1S/C17H20N4O2S/c1-8-9-5-3-4-6-11(9)24-15(8)10-7-12(22)19-16-13(10)14(20-21-16)17(23)18-2/h3-6,10,13-14,16,20-21H,7H2,1-2H3,(H,18,23)(H,19,22). The van der Waals surface area contributed by atoms with Crippen LogP contribution < -0.4 is 21.5 Å². The first kappa shape index (κ1) is 15.6. The lowest BCUT2D eigenvalue weighted by molar-refractivity contribution is -0.128. The number of nitrogens with one attached hydrogen (secondary N) is 4. The predicted molar refractivity (Wildman–Crippen MR) is 93.5 cm³/mol. The zero-order valence-corrected chi connectivity index (χ0v) is 14.4. The van der Waals surface area contributed by atoms with Crippen molar-refractivity contribution in [1.82, 2.24) is 21.5 Å². The Bertz CT molecular complexity index is 818. The van der Waals surface area contributed by atoms with Gasteiger partial charge in [-0.3, -0.25) is 9.59 Å². The minimum Gasteiger partial charge on any atom is -0.358 e. The molecule has 2 aromatic rings. The Morgan fingerprint density at radius 2 is 2.08 bits per heavy atom. The van der Waals surface area contributed by atoms with Gasteiger partial charge >= 0.3 is 0 Å². The van der Waals surface area contributed by atoms with E-state index in [4.69, 9.17) is 0 Å². The number of hydrogen-bond acceptors (Lipinski definition) is 5. The number of carbonyl (C=O) groups is 2. The Kier molecular flexibility index (Phi) is 3.79. The lowest BCUT2D eigenvalue weighted by Crippen LogP contribution is -2.53. The zero-order chi connectivity index (χ0) is 16.8. The van der Waals surface area contributed by atoms with Crippen molar-refractivity contribution >= 4 is 33.2 Å². The molecule has 1 aromatic carbocycles. The molecule has 4 N–H and O–H groups in total. The molecule has 0 aliphatic carbocycles. The first-order valence-electron chi connectivity index (χ1n) is 8.10. The molecule has 4 atom stereocenters. The molecule has 0 spiro atoms. The van der Waals surface area contributed by atoms with E-state index in [9.17, 15) is 9.59 Å². The molecule has 126 valence electrons. The number of aryl methyl sites for hydroxylation is 1. The summed E-state index contributed by atoms with van der Waals surface area (Å²) in [6.07, 6.45) is 0.175.